The number of benzene rings is 1. The lowest BCUT2D eigenvalue weighted by Crippen LogP contribution is -2.47. The number of nitrogens with zero attached hydrogens (tertiary/aromatic N) is 2. The van der Waals surface area contributed by atoms with Gasteiger partial charge in [0.15, 0.2) is 0 Å². The number of nitrogens with one attached hydrogen (secondary N) is 1. The molecule has 2 atom stereocenters. The van der Waals surface area contributed by atoms with Crippen LogP contribution < -0.4 is 5.32 Å². The molecule has 1 heterocycles. The smallest absolute Gasteiger partial charge is 0.147 e. The first-order valence-corrected chi connectivity index (χ1v) is 6.36. The number of rotatable bonds is 3. The van der Waals surface area contributed by atoms with Gasteiger partial charge in [-0.25, -0.2) is 4.39 Å². The summed E-state index contributed by atoms with van der Waals surface area (Å²) >= 11 is 0. The molecular weight excluding hydrogens is 245 g/mol. The molecule has 102 valence electrons. The van der Waals surface area contributed by atoms with E-state index in [0.717, 1.165) is 13.1 Å². The fourth-order valence-electron chi connectivity index (χ4n) is 2.15. The van der Waals surface area contributed by atoms with Crippen LogP contribution in [0.2, 0.25) is 0 Å². The third kappa shape index (κ3) is 3.43. The minimum atomic E-state index is -0.407. The molecule has 0 bridgehead atoms. The molecule has 0 aliphatic carbocycles. The largest absolute Gasteiger partial charge is 0.378 e. The monoisotopic (exact) mass is 263 g/mol. The van der Waals surface area contributed by atoms with Crippen molar-refractivity contribution < 1.29 is 9.13 Å². The number of likely N-dealkylation sites (N-methyl/N-ethyl adjacent to an activating group) is 1. The van der Waals surface area contributed by atoms with Gasteiger partial charge in [-0.3, -0.25) is 0 Å². The van der Waals surface area contributed by atoms with Crippen molar-refractivity contribution in [1.29, 1.82) is 5.26 Å². The van der Waals surface area contributed by atoms with Crippen LogP contribution in [0.15, 0.2) is 18.2 Å². The van der Waals surface area contributed by atoms with Crippen LogP contribution in [0.1, 0.15) is 12.5 Å². The lowest BCUT2D eigenvalue weighted by atomic mass is 10.1. The lowest BCUT2D eigenvalue weighted by Gasteiger charge is -2.34. The molecule has 5 heteroatoms. The standard InChI is InChI=1S/C14H18FN3O/c1-10(14-9-18(2)5-6-19-14)17-13-4-3-11(8-16)7-12(13)15/h3-4,7,10,14,17H,5-6,9H2,1-2H3. The first kappa shape index (κ1) is 13.8. The van der Waals surface area contributed by atoms with E-state index >= 15 is 0 Å². The zero-order valence-electron chi connectivity index (χ0n) is 11.2. The molecule has 0 saturated carbocycles. The number of ether oxygens (including phenoxy) is 1. The lowest BCUT2D eigenvalue weighted by molar-refractivity contribution is -0.0259. The Bertz CT molecular complexity index is 486. The summed E-state index contributed by atoms with van der Waals surface area (Å²) in [5.41, 5.74) is 0.729. The van der Waals surface area contributed by atoms with Crippen LogP contribution in [-0.2, 0) is 4.74 Å². The number of hydrogen-bond donors (Lipinski definition) is 1. The Morgan fingerprint density at radius 2 is 2.37 bits per heavy atom. The summed E-state index contributed by atoms with van der Waals surface area (Å²) in [5.74, 6) is -0.407. The third-order valence-electron chi connectivity index (χ3n) is 3.34. The van der Waals surface area contributed by atoms with E-state index in [1.165, 1.54) is 6.07 Å². The van der Waals surface area contributed by atoms with Crippen LogP contribution in [0.5, 0.6) is 0 Å². The van der Waals surface area contributed by atoms with Gasteiger partial charge in [0.05, 0.1) is 36.1 Å². The minimum absolute atomic E-state index is 0.00480. The van der Waals surface area contributed by atoms with E-state index in [4.69, 9.17) is 10.00 Å². The van der Waals surface area contributed by atoms with Crippen LogP contribution in [0.4, 0.5) is 10.1 Å². The van der Waals surface area contributed by atoms with Gasteiger partial charge in [-0.15, -0.1) is 0 Å². The average Bonchev–Trinajstić information content (AvgIpc) is 2.41. The van der Waals surface area contributed by atoms with Crippen molar-refractivity contribution in [2.45, 2.75) is 19.1 Å². The van der Waals surface area contributed by atoms with Crippen molar-refractivity contribution in [3.8, 4) is 6.07 Å². The molecular formula is C14H18FN3O. The summed E-state index contributed by atoms with van der Waals surface area (Å²) in [6.07, 6.45) is 0.0359. The fraction of sp³-hybridized carbons (Fsp3) is 0.500. The maximum Gasteiger partial charge on any atom is 0.147 e. The molecule has 0 amide bonds. The van der Waals surface area contributed by atoms with E-state index in [0.29, 0.717) is 17.9 Å². The Balaban J connectivity index is 2.02. The molecule has 4 nitrogen and oxygen atoms in total. The zero-order chi connectivity index (χ0) is 13.8. The summed E-state index contributed by atoms with van der Waals surface area (Å²) in [4.78, 5) is 2.20. The van der Waals surface area contributed by atoms with Crippen LogP contribution in [0.3, 0.4) is 0 Å². The van der Waals surface area contributed by atoms with Gasteiger partial charge in [0.1, 0.15) is 5.82 Å². The predicted molar refractivity (Wildman–Crippen MR) is 71.4 cm³/mol. The Hall–Kier alpha value is -1.64. The van der Waals surface area contributed by atoms with Gasteiger partial charge in [-0.1, -0.05) is 0 Å². The van der Waals surface area contributed by atoms with E-state index in [-0.39, 0.29) is 12.1 Å². The molecule has 1 aliphatic rings. The van der Waals surface area contributed by atoms with Crippen LogP contribution in [-0.4, -0.2) is 43.8 Å². The molecule has 0 aromatic heterocycles. The predicted octanol–water partition coefficient (Wildman–Crippen LogP) is 1.83. The zero-order valence-corrected chi connectivity index (χ0v) is 11.2. The molecule has 1 saturated heterocycles. The highest BCUT2D eigenvalue weighted by atomic mass is 19.1. The molecule has 19 heavy (non-hydrogen) atoms. The highest BCUT2D eigenvalue weighted by molar-refractivity contribution is 5.49. The Kier molecular flexibility index (Phi) is 4.35. The van der Waals surface area contributed by atoms with Crippen molar-refractivity contribution in [3.05, 3.63) is 29.6 Å². The maximum absolute atomic E-state index is 13.8. The van der Waals surface area contributed by atoms with Crippen molar-refractivity contribution in [1.82, 2.24) is 4.90 Å². The molecule has 1 aromatic rings. The van der Waals surface area contributed by atoms with Gasteiger partial charge in [0.25, 0.3) is 0 Å². The Morgan fingerprint density at radius 1 is 1.58 bits per heavy atom. The van der Waals surface area contributed by atoms with E-state index in [1.807, 2.05) is 20.0 Å². The second-order valence-corrected chi connectivity index (χ2v) is 4.91. The second kappa shape index (κ2) is 6.00. The minimum Gasteiger partial charge on any atom is -0.378 e. The normalized spacial score (nSPS) is 21.7. The van der Waals surface area contributed by atoms with Crippen LogP contribution >= 0.6 is 0 Å². The van der Waals surface area contributed by atoms with Crippen molar-refractivity contribution in [2.24, 2.45) is 0 Å². The third-order valence-corrected chi connectivity index (χ3v) is 3.34. The molecule has 0 spiro atoms. The molecule has 1 N–H and O–H groups in total. The summed E-state index contributed by atoms with van der Waals surface area (Å²) in [5, 5.41) is 11.8. The van der Waals surface area contributed by atoms with Crippen molar-refractivity contribution in [3.63, 3.8) is 0 Å². The highest BCUT2D eigenvalue weighted by Crippen LogP contribution is 2.18. The fourth-order valence-corrected chi connectivity index (χ4v) is 2.15. The number of anilines is 1. The Labute approximate surface area is 112 Å². The van der Waals surface area contributed by atoms with Gasteiger partial charge < -0.3 is 15.0 Å². The molecule has 1 fully saturated rings. The SMILES string of the molecule is CC(Nc1ccc(C#N)cc1F)C1CN(C)CCO1. The maximum atomic E-state index is 13.8. The molecule has 2 unspecified atom stereocenters. The summed E-state index contributed by atoms with van der Waals surface area (Å²) in [6, 6.07) is 6.36. The van der Waals surface area contributed by atoms with Crippen LogP contribution in [0.25, 0.3) is 0 Å². The van der Waals surface area contributed by atoms with Crippen molar-refractivity contribution >= 4 is 5.69 Å². The number of nitriles is 1. The van der Waals surface area contributed by atoms with E-state index in [9.17, 15) is 4.39 Å². The molecule has 1 aliphatic heterocycles. The first-order chi connectivity index (χ1) is 9.10. The van der Waals surface area contributed by atoms with Crippen molar-refractivity contribution in [2.75, 3.05) is 32.1 Å². The Morgan fingerprint density at radius 3 is 3.00 bits per heavy atom. The second-order valence-electron chi connectivity index (χ2n) is 4.91. The molecule has 2 rings (SSSR count). The first-order valence-electron chi connectivity index (χ1n) is 6.36. The van der Waals surface area contributed by atoms with E-state index in [1.54, 1.807) is 12.1 Å². The highest BCUT2D eigenvalue weighted by Gasteiger charge is 2.24. The van der Waals surface area contributed by atoms with E-state index < -0.39 is 5.82 Å². The van der Waals surface area contributed by atoms with Gasteiger partial charge in [0, 0.05) is 13.1 Å². The van der Waals surface area contributed by atoms with Gasteiger partial charge >= 0.3 is 0 Å². The summed E-state index contributed by atoms with van der Waals surface area (Å²) in [7, 11) is 2.05. The number of hydrogen-bond acceptors (Lipinski definition) is 4. The summed E-state index contributed by atoms with van der Waals surface area (Å²) < 4.78 is 19.5. The average molecular weight is 263 g/mol. The van der Waals surface area contributed by atoms with Gasteiger partial charge in [0.2, 0.25) is 0 Å². The molecule has 0 radical (unpaired) electrons. The van der Waals surface area contributed by atoms with Gasteiger partial charge in [-0.2, -0.15) is 5.26 Å². The summed E-state index contributed by atoms with van der Waals surface area (Å²) in [6.45, 7) is 4.42. The topological polar surface area (TPSA) is 48.3 Å². The van der Waals surface area contributed by atoms with Gasteiger partial charge in [-0.05, 0) is 32.2 Å². The number of halogens is 1. The number of morpholine rings is 1. The van der Waals surface area contributed by atoms with E-state index in [2.05, 4.69) is 10.2 Å². The quantitative estimate of drug-likeness (QED) is 0.904. The van der Waals surface area contributed by atoms with Crippen LogP contribution in [0, 0.1) is 17.1 Å². The molecule has 1 aromatic carbocycles.